The summed E-state index contributed by atoms with van der Waals surface area (Å²) in [6.45, 7) is 0.365. The van der Waals surface area contributed by atoms with Gasteiger partial charge in [-0.25, -0.2) is 8.42 Å². The highest BCUT2D eigenvalue weighted by Gasteiger charge is 2.39. The van der Waals surface area contributed by atoms with E-state index in [4.69, 9.17) is 5.11 Å². The summed E-state index contributed by atoms with van der Waals surface area (Å²) >= 11 is 0. The van der Waals surface area contributed by atoms with Gasteiger partial charge in [-0.2, -0.15) is 4.31 Å². The van der Waals surface area contributed by atoms with Crippen molar-refractivity contribution in [2.75, 3.05) is 12.3 Å². The molecule has 1 saturated heterocycles. The van der Waals surface area contributed by atoms with Gasteiger partial charge in [-0.1, -0.05) is 12.8 Å². The van der Waals surface area contributed by atoms with Crippen LogP contribution in [0.1, 0.15) is 32.1 Å². The molecule has 16 heavy (non-hydrogen) atoms. The summed E-state index contributed by atoms with van der Waals surface area (Å²) in [6.07, 6.45) is 4.03. The largest absolute Gasteiger partial charge is 0.480 e. The number of sulfonamides is 1. The van der Waals surface area contributed by atoms with E-state index in [0.717, 1.165) is 12.8 Å². The number of hydrogen-bond donors (Lipinski definition) is 1. The second kappa shape index (κ2) is 4.33. The van der Waals surface area contributed by atoms with Crippen molar-refractivity contribution in [3.8, 4) is 0 Å². The van der Waals surface area contributed by atoms with Gasteiger partial charge in [0.05, 0.1) is 5.75 Å². The fourth-order valence-corrected chi connectivity index (χ4v) is 4.02. The first kappa shape index (κ1) is 11.9. The maximum Gasteiger partial charge on any atom is 0.322 e. The van der Waals surface area contributed by atoms with E-state index in [2.05, 4.69) is 0 Å². The molecule has 0 amide bonds. The Balaban J connectivity index is 2.00. The Bertz CT molecular complexity index is 374. The zero-order chi connectivity index (χ0) is 11.8. The third-order valence-electron chi connectivity index (χ3n) is 3.33. The SMILES string of the molecule is O=C(O)[C@H]1CCCN1S(=O)(=O)CCC1CC1. The Morgan fingerprint density at radius 1 is 1.31 bits per heavy atom. The van der Waals surface area contributed by atoms with Gasteiger partial charge in [-0.3, -0.25) is 4.79 Å². The van der Waals surface area contributed by atoms with Crippen molar-refractivity contribution >= 4 is 16.0 Å². The van der Waals surface area contributed by atoms with Crippen LogP contribution in [0.5, 0.6) is 0 Å². The van der Waals surface area contributed by atoms with Crippen LogP contribution in [0.4, 0.5) is 0 Å². The average Bonchev–Trinajstić information content (AvgIpc) is 2.88. The number of rotatable bonds is 5. The molecule has 92 valence electrons. The third-order valence-corrected chi connectivity index (χ3v) is 5.23. The Hall–Kier alpha value is -0.620. The van der Waals surface area contributed by atoms with Crippen LogP contribution in [0.15, 0.2) is 0 Å². The highest BCUT2D eigenvalue weighted by atomic mass is 32.2. The van der Waals surface area contributed by atoms with Gasteiger partial charge in [-0.05, 0) is 25.2 Å². The lowest BCUT2D eigenvalue weighted by Gasteiger charge is -2.20. The molecule has 0 radical (unpaired) electrons. The fraction of sp³-hybridized carbons (Fsp3) is 0.900. The Labute approximate surface area is 95.5 Å². The fourth-order valence-electron chi connectivity index (χ4n) is 2.16. The molecule has 1 N–H and O–H groups in total. The third kappa shape index (κ3) is 2.55. The average molecular weight is 247 g/mol. The number of carboxylic acid groups (broad SMARTS) is 1. The summed E-state index contributed by atoms with van der Waals surface area (Å²) in [7, 11) is -3.36. The lowest BCUT2D eigenvalue weighted by molar-refractivity contribution is -0.140. The lowest BCUT2D eigenvalue weighted by atomic mass is 10.2. The molecule has 1 heterocycles. The molecule has 1 aliphatic carbocycles. The minimum Gasteiger partial charge on any atom is -0.480 e. The second-order valence-electron chi connectivity index (χ2n) is 4.66. The smallest absolute Gasteiger partial charge is 0.322 e. The summed E-state index contributed by atoms with van der Waals surface area (Å²) in [5, 5.41) is 8.93. The topological polar surface area (TPSA) is 74.7 Å². The number of carboxylic acids is 1. The molecule has 0 bridgehead atoms. The first-order valence-electron chi connectivity index (χ1n) is 5.73. The number of aliphatic carboxylic acids is 1. The van der Waals surface area contributed by atoms with E-state index in [9.17, 15) is 13.2 Å². The van der Waals surface area contributed by atoms with E-state index in [1.165, 1.54) is 4.31 Å². The zero-order valence-corrected chi connectivity index (χ0v) is 9.95. The maximum atomic E-state index is 11.9. The summed E-state index contributed by atoms with van der Waals surface area (Å²) in [4.78, 5) is 10.9. The lowest BCUT2D eigenvalue weighted by Crippen LogP contribution is -2.41. The van der Waals surface area contributed by atoms with Crippen LogP contribution in [0.2, 0.25) is 0 Å². The van der Waals surface area contributed by atoms with Gasteiger partial charge in [0, 0.05) is 6.54 Å². The first-order chi connectivity index (χ1) is 7.50. The summed E-state index contributed by atoms with van der Waals surface area (Å²) in [6, 6.07) is -0.829. The minimum atomic E-state index is -3.36. The Kier molecular flexibility index (Phi) is 3.21. The van der Waals surface area contributed by atoms with Crippen LogP contribution in [0.3, 0.4) is 0 Å². The van der Waals surface area contributed by atoms with Crippen LogP contribution in [-0.2, 0) is 14.8 Å². The van der Waals surface area contributed by atoms with Crippen molar-refractivity contribution in [2.24, 2.45) is 5.92 Å². The van der Waals surface area contributed by atoms with E-state index in [-0.39, 0.29) is 5.75 Å². The standard InChI is InChI=1S/C10H17NO4S/c12-10(13)9-2-1-6-11(9)16(14,15)7-5-8-3-4-8/h8-9H,1-7H2,(H,12,13)/t9-/m1/s1. The highest BCUT2D eigenvalue weighted by molar-refractivity contribution is 7.89. The normalized spacial score (nSPS) is 27.1. The second-order valence-corrected chi connectivity index (χ2v) is 6.70. The Morgan fingerprint density at radius 3 is 2.56 bits per heavy atom. The predicted molar refractivity (Wildman–Crippen MR) is 58.5 cm³/mol. The monoisotopic (exact) mass is 247 g/mol. The van der Waals surface area contributed by atoms with Crippen molar-refractivity contribution < 1.29 is 18.3 Å². The molecule has 2 rings (SSSR count). The van der Waals surface area contributed by atoms with Gasteiger partial charge >= 0.3 is 5.97 Å². The molecule has 6 heteroatoms. The van der Waals surface area contributed by atoms with Crippen molar-refractivity contribution in [3.63, 3.8) is 0 Å². The van der Waals surface area contributed by atoms with E-state index in [0.29, 0.717) is 31.7 Å². The molecule has 0 aromatic heterocycles. The molecule has 2 aliphatic rings. The van der Waals surface area contributed by atoms with Gasteiger partial charge in [0.25, 0.3) is 0 Å². The van der Waals surface area contributed by atoms with Crippen LogP contribution in [0, 0.1) is 5.92 Å². The van der Waals surface area contributed by atoms with Crippen molar-refractivity contribution in [1.82, 2.24) is 4.31 Å². The number of hydrogen-bond acceptors (Lipinski definition) is 3. The summed E-state index contributed by atoms with van der Waals surface area (Å²) in [5.74, 6) is -0.352. The summed E-state index contributed by atoms with van der Waals surface area (Å²) < 4.78 is 25.1. The van der Waals surface area contributed by atoms with Gasteiger partial charge < -0.3 is 5.11 Å². The molecule has 0 unspecified atom stereocenters. The molecular weight excluding hydrogens is 230 g/mol. The van der Waals surface area contributed by atoms with Crippen LogP contribution in [0.25, 0.3) is 0 Å². The zero-order valence-electron chi connectivity index (χ0n) is 9.13. The summed E-state index contributed by atoms with van der Waals surface area (Å²) in [5.41, 5.74) is 0. The molecule has 1 saturated carbocycles. The van der Waals surface area contributed by atoms with Gasteiger partial charge in [0.2, 0.25) is 10.0 Å². The van der Waals surface area contributed by atoms with E-state index in [1.54, 1.807) is 0 Å². The van der Waals surface area contributed by atoms with E-state index < -0.39 is 22.0 Å². The van der Waals surface area contributed by atoms with Gasteiger partial charge in [-0.15, -0.1) is 0 Å². The molecule has 2 fully saturated rings. The van der Waals surface area contributed by atoms with Crippen molar-refractivity contribution in [3.05, 3.63) is 0 Å². The van der Waals surface area contributed by atoms with Crippen LogP contribution >= 0.6 is 0 Å². The maximum absolute atomic E-state index is 11.9. The van der Waals surface area contributed by atoms with E-state index in [1.807, 2.05) is 0 Å². The van der Waals surface area contributed by atoms with Gasteiger partial charge in [0.1, 0.15) is 6.04 Å². The Morgan fingerprint density at radius 2 is 2.00 bits per heavy atom. The quantitative estimate of drug-likeness (QED) is 0.774. The molecule has 0 spiro atoms. The van der Waals surface area contributed by atoms with Crippen LogP contribution in [-0.4, -0.2) is 42.1 Å². The molecule has 1 atom stereocenters. The molecule has 0 aromatic rings. The van der Waals surface area contributed by atoms with Crippen molar-refractivity contribution in [2.45, 2.75) is 38.1 Å². The highest BCUT2D eigenvalue weighted by Crippen LogP contribution is 2.33. The molecule has 0 aromatic carbocycles. The van der Waals surface area contributed by atoms with E-state index >= 15 is 0 Å². The predicted octanol–water partition coefficient (Wildman–Crippen LogP) is 0.665. The van der Waals surface area contributed by atoms with Crippen molar-refractivity contribution in [1.29, 1.82) is 0 Å². The molecule has 5 nitrogen and oxygen atoms in total. The van der Waals surface area contributed by atoms with Gasteiger partial charge in [0.15, 0.2) is 0 Å². The number of nitrogens with zero attached hydrogens (tertiary/aromatic N) is 1. The molecular formula is C10H17NO4S. The first-order valence-corrected chi connectivity index (χ1v) is 7.34. The minimum absolute atomic E-state index is 0.113. The number of carbonyl (C=O) groups is 1. The molecule has 1 aliphatic heterocycles. The van der Waals surface area contributed by atoms with Crippen LogP contribution < -0.4 is 0 Å².